The summed E-state index contributed by atoms with van der Waals surface area (Å²) >= 11 is 0. The lowest BCUT2D eigenvalue weighted by Crippen LogP contribution is -2.43. The van der Waals surface area contributed by atoms with E-state index in [1.54, 1.807) is 28.4 Å². The van der Waals surface area contributed by atoms with Gasteiger partial charge in [-0.1, -0.05) is 24.3 Å². The van der Waals surface area contributed by atoms with Crippen LogP contribution in [-0.4, -0.2) is 52.4 Å². The Hall–Kier alpha value is -3.87. The third-order valence-electron chi connectivity index (χ3n) is 6.30. The van der Waals surface area contributed by atoms with Crippen LogP contribution in [0.1, 0.15) is 22.7 Å². The summed E-state index contributed by atoms with van der Waals surface area (Å²) in [5.74, 6) is 3.37. The maximum Gasteiger partial charge on any atom is 0.227 e. The summed E-state index contributed by atoms with van der Waals surface area (Å²) in [5, 5.41) is 0. The molecule has 1 atom stereocenters. The van der Waals surface area contributed by atoms with E-state index < -0.39 is 0 Å². The van der Waals surface area contributed by atoms with Crippen molar-refractivity contribution in [2.24, 2.45) is 0 Å². The van der Waals surface area contributed by atoms with Crippen LogP contribution in [0.15, 0.2) is 60.7 Å². The second-order valence-corrected chi connectivity index (χ2v) is 8.25. The number of rotatable bonds is 9. The highest BCUT2D eigenvalue weighted by molar-refractivity contribution is 5.80. The summed E-state index contributed by atoms with van der Waals surface area (Å²) in [7, 11) is 6.47. The standard InChI is InChI=1S/C28H31NO6/c1-31-21-11-9-19(10-12-21)15-28(30)29-14-13-20-16-26(33-3)27(34-4)17-22(20)23(29)18-35-25-8-6-5-7-24(25)32-2/h5-12,16-17,23H,13-15,18H2,1-4H3/t23-/m0/s1. The number of para-hydroxylation sites is 2. The minimum absolute atomic E-state index is 0.0317. The molecule has 184 valence electrons. The van der Waals surface area contributed by atoms with Gasteiger partial charge in [0.05, 0.1) is 40.9 Å². The van der Waals surface area contributed by atoms with Crippen molar-refractivity contribution in [3.63, 3.8) is 0 Å². The molecule has 1 amide bonds. The van der Waals surface area contributed by atoms with Gasteiger partial charge in [-0.2, -0.15) is 0 Å². The van der Waals surface area contributed by atoms with Crippen molar-refractivity contribution in [2.45, 2.75) is 18.9 Å². The predicted octanol–water partition coefficient (Wildman–Crippen LogP) is 4.47. The Kier molecular flexibility index (Phi) is 7.65. The highest BCUT2D eigenvalue weighted by atomic mass is 16.5. The topological polar surface area (TPSA) is 66.5 Å². The summed E-state index contributed by atoms with van der Waals surface area (Å²) < 4.78 is 28.0. The Morgan fingerprint density at radius 1 is 0.829 bits per heavy atom. The van der Waals surface area contributed by atoms with Gasteiger partial charge in [-0.25, -0.2) is 0 Å². The molecule has 1 aliphatic rings. The van der Waals surface area contributed by atoms with Crippen LogP contribution in [0.4, 0.5) is 0 Å². The second kappa shape index (κ2) is 11.0. The van der Waals surface area contributed by atoms with E-state index in [1.807, 2.05) is 65.6 Å². The zero-order valence-corrected chi connectivity index (χ0v) is 20.6. The van der Waals surface area contributed by atoms with Crippen molar-refractivity contribution in [1.29, 1.82) is 0 Å². The number of amides is 1. The Balaban J connectivity index is 1.64. The molecular formula is C28H31NO6. The number of hydrogen-bond acceptors (Lipinski definition) is 6. The number of fused-ring (bicyclic) bond motifs is 1. The van der Waals surface area contributed by atoms with Crippen molar-refractivity contribution >= 4 is 5.91 Å². The molecule has 4 rings (SSSR count). The molecule has 1 heterocycles. The van der Waals surface area contributed by atoms with Gasteiger partial charge in [-0.15, -0.1) is 0 Å². The first kappa shape index (κ1) is 24.3. The largest absolute Gasteiger partial charge is 0.497 e. The molecule has 0 aliphatic carbocycles. The maximum absolute atomic E-state index is 13.5. The first-order valence-corrected chi connectivity index (χ1v) is 11.5. The number of ether oxygens (including phenoxy) is 5. The van der Waals surface area contributed by atoms with Crippen LogP contribution in [0.2, 0.25) is 0 Å². The fraction of sp³-hybridized carbons (Fsp3) is 0.321. The van der Waals surface area contributed by atoms with Gasteiger partial charge in [0.25, 0.3) is 0 Å². The van der Waals surface area contributed by atoms with Gasteiger partial charge >= 0.3 is 0 Å². The Labute approximate surface area is 206 Å². The summed E-state index contributed by atoms with van der Waals surface area (Å²) in [6, 6.07) is 18.7. The van der Waals surface area contributed by atoms with Crippen molar-refractivity contribution in [3.8, 4) is 28.7 Å². The van der Waals surface area contributed by atoms with Crippen molar-refractivity contribution in [1.82, 2.24) is 4.90 Å². The number of nitrogens with zero attached hydrogens (tertiary/aromatic N) is 1. The number of hydrogen-bond donors (Lipinski definition) is 0. The number of carbonyl (C=O) groups excluding carboxylic acids is 1. The van der Waals surface area contributed by atoms with Crippen LogP contribution in [0.3, 0.4) is 0 Å². The zero-order chi connectivity index (χ0) is 24.8. The summed E-state index contributed by atoms with van der Waals surface area (Å²) in [6.45, 7) is 0.856. The molecule has 0 saturated heterocycles. The molecule has 0 fully saturated rings. The van der Waals surface area contributed by atoms with Gasteiger partial charge < -0.3 is 28.6 Å². The average Bonchev–Trinajstić information content (AvgIpc) is 2.91. The van der Waals surface area contributed by atoms with Crippen LogP contribution >= 0.6 is 0 Å². The van der Waals surface area contributed by atoms with Crippen molar-refractivity contribution < 1.29 is 28.5 Å². The molecular weight excluding hydrogens is 446 g/mol. The number of methoxy groups -OCH3 is 4. The van der Waals surface area contributed by atoms with Gasteiger partial charge in [-0.3, -0.25) is 4.79 Å². The van der Waals surface area contributed by atoms with Gasteiger partial charge in [0, 0.05) is 6.54 Å². The van der Waals surface area contributed by atoms with E-state index in [4.69, 9.17) is 23.7 Å². The number of carbonyl (C=O) groups is 1. The molecule has 7 heteroatoms. The van der Waals surface area contributed by atoms with Crippen LogP contribution < -0.4 is 23.7 Å². The summed E-state index contributed by atoms with van der Waals surface area (Å²) in [4.78, 5) is 15.4. The molecule has 7 nitrogen and oxygen atoms in total. The fourth-order valence-corrected chi connectivity index (χ4v) is 4.43. The molecule has 0 spiro atoms. The van der Waals surface area contributed by atoms with Gasteiger partial charge in [-0.05, 0) is 59.5 Å². The minimum atomic E-state index is -0.297. The SMILES string of the molecule is COc1ccc(CC(=O)N2CCc3cc(OC)c(OC)cc3[C@@H]2COc2ccccc2OC)cc1. The quantitative estimate of drug-likeness (QED) is 0.453. The van der Waals surface area contributed by atoms with Gasteiger partial charge in [0.1, 0.15) is 12.4 Å². The molecule has 0 unspecified atom stereocenters. The molecule has 0 aromatic heterocycles. The van der Waals surface area contributed by atoms with E-state index in [-0.39, 0.29) is 25.0 Å². The third-order valence-corrected chi connectivity index (χ3v) is 6.30. The van der Waals surface area contributed by atoms with Crippen molar-refractivity contribution in [3.05, 3.63) is 77.4 Å². The lowest BCUT2D eigenvalue weighted by Gasteiger charge is -2.38. The molecule has 35 heavy (non-hydrogen) atoms. The molecule has 0 N–H and O–H groups in total. The Bertz CT molecular complexity index is 1160. The van der Waals surface area contributed by atoms with Crippen molar-refractivity contribution in [2.75, 3.05) is 41.6 Å². The predicted molar refractivity (Wildman–Crippen MR) is 133 cm³/mol. The van der Waals surface area contributed by atoms with E-state index in [2.05, 4.69) is 0 Å². The average molecular weight is 478 g/mol. The maximum atomic E-state index is 13.5. The molecule has 3 aromatic rings. The summed E-state index contributed by atoms with van der Waals surface area (Å²) in [5.41, 5.74) is 3.04. The van der Waals surface area contributed by atoms with E-state index in [1.165, 1.54) is 0 Å². The molecule has 3 aromatic carbocycles. The lowest BCUT2D eigenvalue weighted by molar-refractivity contribution is -0.134. The molecule has 0 radical (unpaired) electrons. The Morgan fingerprint density at radius 2 is 1.49 bits per heavy atom. The smallest absolute Gasteiger partial charge is 0.227 e. The van der Waals surface area contributed by atoms with Crippen LogP contribution in [0.5, 0.6) is 28.7 Å². The highest BCUT2D eigenvalue weighted by Crippen LogP contribution is 2.39. The van der Waals surface area contributed by atoms with E-state index >= 15 is 0 Å². The number of benzene rings is 3. The van der Waals surface area contributed by atoms with Crippen LogP contribution in [0, 0.1) is 0 Å². The minimum Gasteiger partial charge on any atom is -0.497 e. The van der Waals surface area contributed by atoms with E-state index in [0.717, 1.165) is 28.9 Å². The lowest BCUT2D eigenvalue weighted by atomic mass is 9.91. The normalized spacial score (nSPS) is 14.6. The second-order valence-electron chi connectivity index (χ2n) is 8.25. The third kappa shape index (κ3) is 5.29. The van der Waals surface area contributed by atoms with E-state index in [9.17, 15) is 4.79 Å². The van der Waals surface area contributed by atoms with Crippen LogP contribution in [-0.2, 0) is 17.6 Å². The summed E-state index contributed by atoms with van der Waals surface area (Å²) in [6.07, 6.45) is 1.01. The molecule has 0 saturated carbocycles. The molecule has 0 bridgehead atoms. The van der Waals surface area contributed by atoms with Gasteiger partial charge in [0.2, 0.25) is 5.91 Å². The van der Waals surface area contributed by atoms with E-state index in [0.29, 0.717) is 29.5 Å². The first-order chi connectivity index (χ1) is 17.1. The first-order valence-electron chi connectivity index (χ1n) is 11.5. The Morgan fingerprint density at radius 3 is 2.14 bits per heavy atom. The highest BCUT2D eigenvalue weighted by Gasteiger charge is 2.33. The molecule has 1 aliphatic heterocycles. The fourth-order valence-electron chi connectivity index (χ4n) is 4.43. The zero-order valence-electron chi connectivity index (χ0n) is 20.6. The van der Waals surface area contributed by atoms with Gasteiger partial charge in [0.15, 0.2) is 23.0 Å². The monoisotopic (exact) mass is 477 g/mol. The van der Waals surface area contributed by atoms with Crippen LogP contribution in [0.25, 0.3) is 0 Å².